The summed E-state index contributed by atoms with van der Waals surface area (Å²) in [4.78, 5) is 23.4. The van der Waals surface area contributed by atoms with Gasteiger partial charge in [0.25, 0.3) is 0 Å². The van der Waals surface area contributed by atoms with Gasteiger partial charge in [0, 0.05) is 6.08 Å². The molecular formula is C21H19F3O5. The van der Waals surface area contributed by atoms with Gasteiger partial charge in [-0.05, 0) is 55.0 Å². The molecule has 0 atom stereocenters. The summed E-state index contributed by atoms with van der Waals surface area (Å²) >= 11 is 0. The Balaban J connectivity index is 1.88. The number of carbonyl (C=O) groups excluding carboxylic acids is 2. The van der Waals surface area contributed by atoms with Gasteiger partial charge in [0.05, 0.1) is 25.2 Å². The number of halogens is 3. The Hall–Kier alpha value is -3.29. The first kappa shape index (κ1) is 22.0. The number of ether oxygens (including phenoxy) is 3. The molecule has 5 nitrogen and oxygen atoms in total. The number of hydrogen-bond acceptors (Lipinski definition) is 5. The van der Waals surface area contributed by atoms with Crippen LogP contribution in [0.15, 0.2) is 54.6 Å². The zero-order chi connectivity index (χ0) is 21.3. The van der Waals surface area contributed by atoms with Crippen LogP contribution in [0.1, 0.15) is 29.3 Å². The summed E-state index contributed by atoms with van der Waals surface area (Å²) in [7, 11) is 0. The fraction of sp³-hybridized carbons (Fsp3) is 0.238. The molecule has 0 fully saturated rings. The zero-order valence-corrected chi connectivity index (χ0v) is 15.6. The second-order valence-electron chi connectivity index (χ2n) is 5.78. The molecule has 2 aromatic carbocycles. The van der Waals surface area contributed by atoms with Crippen LogP contribution in [0.25, 0.3) is 6.08 Å². The van der Waals surface area contributed by atoms with Crippen molar-refractivity contribution in [1.29, 1.82) is 0 Å². The summed E-state index contributed by atoms with van der Waals surface area (Å²) in [6, 6.07) is 12.1. The molecule has 0 saturated carbocycles. The van der Waals surface area contributed by atoms with Gasteiger partial charge < -0.3 is 14.2 Å². The summed E-state index contributed by atoms with van der Waals surface area (Å²) < 4.78 is 51.3. The van der Waals surface area contributed by atoms with Crippen LogP contribution in [0.4, 0.5) is 13.2 Å². The lowest BCUT2D eigenvalue weighted by Gasteiger charge is -2.09. The molecule has 2 rings (SSSR count). The lowest BCUT2D eigenvalue weighted by molar-refractivity contribution is -0.139. The lowest BCUT2D eigenvalue weighted by Crippen LogP contribution is -2.13. The average Bonchev–Trinajstić information content (AvgIpc) is 2.67. The fourth-order valence-corrected chi connectivity index (χ4v) is 2.14. The van der Waals surface area contributed by atoms with E-state index in [0.717, 1.165) is 5.56 Å². The van der Waals surface area contributed by atoms with Gasteiger partial charge in [-0.3, -0.25) is 0 Å². The predicted molar refractivity (Wildman–Crippen MR) is 99.7 cm³/mol. The molecule has 0 amide bonds. The first-order valence-corrected chi connectivity index (χ1v) is 8.73. The molecule has 0 spiro atoms. The van der Waals surface area contributed by atoms with Crippen LogP contribution in [-0.4, -0.2) is 31.3 Å². The first-order valence-electron chi connectivity index (χ1n) is 8.73. The Bertz CT molecular complexity index is 840. The quantitative estimate of drug-likeness (QED) is 0.356. The molecule has 154 valence electrons. The van der Waals surface area contributed by atoms with Crippen LogP contribution >= 0.6 is 0 Å². The van der Waals surface area contributed by atoms with Crippen molar-refractivity contribution in [2.75, 3.05) is 13.2 Å². The number of alkyl halides is 3. The van der Waals surface area contributed by atoms with Crippen LogP contribution < -0.4 is 9.47 Å². The van der Waals surface area contributed by atoms with E-state index in [4.69, 9.17) is 14.2 Å². The minimum absolute atomic E-state index is 0.222. The zero-order valence-electron chi connectivity index (χ0n) is 15.6. The van der Waals surface area contributed by atoms with Gasteiger partial charge >= 0.3 is 18.1 Å². The third-order valence-electron chi connectivity index (χ3n) is 3.53. The summed E-state index contributed by atoms with van der Waals surface area (Å²) in [6.45, 7) is 1.51. The standard InChI is InChI=1S/C21H19F3O5/c1-2-27-19(25)12-5-15-3-8-18(9-4-15)29-20(26)16-6-10-17(11-7-16)28-14-13-21(22,23)24/h3-12H,2,13-14H2,1H3. The molecule has 0 unspecified atom stereocenters. The normalized spacial score (nSPS) is 11.3. The molecule has 2 aromatic rings. The molecule has 0 radical (unpaired) electrons. The second kappa shape index (κ2) is 10.3. The number of rotatable bonds is 8. The summed E-state index contributed by atoms with van der Waals surface area (Å²) in [5.41, 5.74) is 0.942. The molecule has 8 heteroatoms. The highest BCUT2D eigenvalue weighted by molar-refractivity contribution is 5.91. The van der Waals surface area contributed by atoms with E-state index in [1.165, 1.54) is 30.3 Å². The highest BCUT2D eigenvalue weighted by atomic mass is 19.4. The van der Waals surface area contributed by atoms with E-state index in [9.17, 15) is 22.8 Å². The SMILES string of the molecule is CCOC(=O)C=Cc1ccc(OC(=O)c2ccc(OCCC(F)(F)F)cc2)cc1. The molecule has 0 aliphatic carbocycles. The molecule has 0 bridgehead atoms. The van der Waals surface area contributed by atoms with Crippen molar-refractivity contribution >= 4 is 18.0 Å². The maximum atomic E-state index is 12.2. The van der Waals surface area contributed by atoms with Gasteiger partial charge in [-0.2, -0.15) is 13.2 Å². The van der Waals surface area contributed by atoms with Crippen molar-refractivity contribution in [2.45, 2.75) is 19.5 Å². The van der Waals surface area contributed by atoms with Crippen molar-refractivity contribution in [3.63, 3.8) is 0 Å². The van der Waals surface area contributed by atoms with Gasteiger partial charge in [-0.15, -0.1) is 0 Å². The maximum absolute atomic E-state index is 12.2. The Morgan fingerprint density at radius 3 is 2.17 bits per heavy atom. The summed E-state index contributed by atoms with van der Waals surface area (Å²) in [5.74, 6) is -0.548. The van der Waals surface area contributed by atoms with E-state index in [-0.39, 0.29) is 11.3 Å². The smallest absolute Gasteiger partial charge is 0.392 e. The lowest BCUT2D eigenvalue weighted by atomic mass is 10.2. The van der Waals surface area contributed by atoms with Crippen LogP contribution in [0.5, 0.6) is 11.5 Å². The Labute approximate surface area is 165 Å². The Morgan fingerprint density at radius 1 is 0.966 bits per heavy atom. The van der Waals surface area contributed by atoms with Gasteiger partial charge in [-0.25, -0.2) is 9.59 Å². The van der Waals surface area contributed by atoms with Gasteiger partial charge in [-0.1, -0.05) is 12.1 Å². The van der Waals surface area contributed by atoms with E-state index in [2.05, 4.69) is 0 Å². The molecule has 0 N–H and O–H groups in total. The average molecular weight is 408 g/mol. The van der Waals surface area contributed by atoms with E-state index < -0.39 is 31.1 Å². The van der Waals surface area contributed by atoms with E-state index in [0.29, 0.717) is 12.4 Å². The maximum Gasteiger partial charge on any atom is 0.392 e. The highest BCUT2D eigenvalue weighted by Crippen LogP contribution is 2.21. The third-order valence-corrected chi connectivity index (χ3v) is 3.53. The summed E-state index contributed by atoms with van der Waals surface area (Å²) in [6.07, 6.45) is -2.47. The highest BCUT2D eigenvalue weighted by Gasteiger charge is 2.26. The van der Waals surface area contributed by atoms with Crippen molar-refractivity contribution in [2.24, 2.45) is 0 Å². The molecule has 0 aliphatic rings. The molecular weight excluding hydrogens is 389 g/mol. The predicted octanol–water partition coefficient (Wildman–Crippen LogP) is 4.81. The molecule has 0 aliphatic heterocycles. The largest absolute Gasteiger partial charge is 0.493 e. The van der Waals surface area contributed by atoms with Gasteiger partial charge in [0.15, 0.2) is 0 Å². The molecule has 0 heterocycles. The van der Waals surface area contributed by atoms with E-state index >= 15 is 0 Å². The third kappa shape index (κ3) is 8.08. The monoisotopic (exact) mass is 408 g/mol. The minimum Gasteiger partial charge on any atom is -0.493 e. The van der Waals surface area contributed by atoms with Crippen molar-refractivity contribution < 1.29 is 37.0 Å². The van der Waals surface area contributed by atoms with Crippen LogP contribution in [0.2, 0.25) is 0 Å². The topological polar surface area (TPSA) is 61.8 Å². The molecule has 0 saturated heterocycles. The van der Waals surface area contributed by atoms with Gasteiger partial charge in [0.2, 0.25) is 0 Å². The Morgan fingerprint density at radius 2 is 1.59 bits per heavy atom. The van der Waals surface area contributed by atoms with Crippen LogP contribution in [0.3, 0.4) is 0 Å². The van der Waals surface area contributed by atoms with Crippen LogP contribution in [0, 0.1) is 0 Å². The van der Waals surface area contributed by atoms with E-state index in [1.807, 2.05) is 0 Å². The minimum atomic E-state index is -4.28. The fourth-order valence-electron chi connectivity index (χ4n) is 2.14. The second-order valence-corrected chi connectivity index (χ2v) is 5.78. The summed E-state index contributed by atoms with van der Waals surface area (Å²) in [5, 5.41) is 0. The van der Waals surface area contributed by atoms with Crippen molar-refractivity contribution in [1.82, 2.24) is 0 Å². The Kier molecular flexibility index (Phi) is 7.82. The van der Waals surface area contributed by atoms with Gasteiger partial charge in [0.1, 0.15) is 11.5 Å². The molecule has 29 heavy (non-hydrogen) atoms. The van der Waals surface area contributed by atoms with Crippen LogP contribution in [-0.2, 0) is 9.53 Å². The number of hydrogen-bond donors (Lipinski definition) is 0. The van der Waals surface area contributed by atoms with E-state index in [1.54, 1.807) is 37.3 Å². The number of benzene rings is 2. The first-order chi connectivity index (χ1) is 13.8. The molecule has 0 aromatic heterocycles. The van der Waals surface area contributed by atoms with Crippen molar-refractivity contribution in [3.8, 4) is 11.5 Å². The number of carbonyl (C=O) groups is 2. The van der Waals surface area contributed by atoms with Crippen molar-refractivity contribution in [3.05, 3.63) is 65.7 Å². The number of esters is 2.